The molecular formula is C83H114F6N20O26. The predicted octanol–water partition coefficient (Wildman–Crippen LogP) is -1.82. The molecule has 9 atom stereocenters. The van der Waals surface area contributed by atoms with Crippen LogP contribution < -0.4 is 118 Å². The zero-order chi connectivity index (χ0) is 102. The number of aliphatic carboxylic acids is 4. The summed E-state index contributed by atoms with van der Waals surface area (Å²) >= 11 is 0. The number of nitrogens with one attached hydrogen (secondary N) is 15. The number of nitrogens with two attached hydrogens (primary N) is 5. The van der Waals surface area contributed by atoms with Gasteiger partial charge in [0.15, 0.2) is 0 Å². The number of halogens is 6. The third kappa shape index (κ3) is 45.3. The minimum atomic E-state index is -5.08. The van der Waals surface area contributed by atoms with Gasteiger partial charge in [0, 0.05) is 43.6 Å². The molecule has 0 spiro atoms. The van der Waals surface area contributed by atoms with Gasteiger partial charge >= 0.3 is 59.9 Å². The van der Waals surface area contributed by atoms with Gasteiger partial charge in [0.05, 0.1) is 37.9 Å². The van der Waals surface area contributed by atoms with Crippen molar-refractivity contribution in [2.75, 3.05) is 51.0 Å². The highest BCUT2D eigenvalue weighted by atomic mass is 19.4. The Labute approximate surface area is 768 Å². The molecule has 0 heterocycles. The molecule has 46 nitrogen and oxygen atoms in total. The SMILES string of the molecule is COc1ccc(NC(=O)C(=O)N[C@@H](CC(C)C)C(=O)N[C@@H](CCCCN)C(=O)NCCC[C@H](N)C(=O)N[C@@H](CCC(=O)O)C(=O)N[C@@H](Cc2ccccc2)C(=O)NNC(=O)c2cc(NC(=O)C(=O)N[C@@H](CC(C)C)C(=O)N[C@@H](CCCCN)C(N)=O)ccc2OC)cc1C(=O)NNC(=O)[C@H](Cc1ccccc1)NC(=O)[C@H](CCC(=O)O)NC(=O)CN.O=C(O)C(F)(F)F.O=C(O)C(F)(F)F. The van der Waals surface area contributed by atoms with E-state index in [1.165, 1.54) is 38.5 Å². The van der Waals surface area contributed by atoms with E-state index in [0.29, 0.717) is 43.4 Å². The van der Waals surface area contributed by atoms with Gasteiger partial charge < -0.3 is 117 Å². The van der Waals surface area contributed by atoms with E-state index in [1.807, 2.05) is 0 Å². The number of hydrogen-bond donors (Lipinski definition) is 24. The van der Waals surface area contributed by atoms with Gasteiger partial charge in [-0.15, -0.1) is 0 Å². The quantitative estimate of drug-likeness (QED) is 0.0100. The predicted molar refractivity (Wildman–Crippen MR) is 465 cm³/mol. The van der Waals surface area contributed by atoms with E-state index in [9.17, 15) is 123 Å². The molecule has 0 bridgehead atoms. The van der Waals surface area contributed by atoms with Crippen LogP contribution in [-0.2, 0) is 99.1 Å². The smallest absolute Gasteiger partial charge is 0.490 e. The largest absolute Gasteiger partial charge is 0.496 e. The van der Waals surface area contributed by atoms with Crippen LogP contribution in [0.3, 0.4) is 0 Å². The normalized spacial score (nSPS) is 12.9. The Kier molecular flexibility index (Phi) is 51.4. The molecule has 135 heavy (non-hydrogen) atoms. The molecule has 0 aliphatic rings. The summed E-state index contributed by atoms with van der Waals surface area (Å²) in [5, 5.41) is 60.3. The molecule has 744 valence electrons. The number of primary amides is 1. The highest BCUT2D eigenvalue weighted by molar-refractivity contribution is 6.40. The number of benzene rings is 4. The molecule has 52 heteroatoms. The summed E-state index contributed by atoms with van der Waals surface area (Å²) in [6.45, 7) is 6.86. The molecule has 4 aromatic rings. The average Bonchev–Trinajstić information content (AvgIpc) is 0.833. The second-order valence-corrected chi connectivity index (χ2v) is 30.4. The van der Waals surface area contributed by atoms with Crippen molar-refractivity contribution in [3.05, 3.63) is 119 Å². The van der Waals surface area contributed by atoms with Gasteiger partial charge in [0.2, 0.25) is 47.3 Å². The molecule has 29 N–H and O–H groups in total. The lowest BCUT2D eigenvalue weighted by molar-refractivity contribution is -0.193. The molecule has 0 aromatic heterocycles. The topological polar surface area (TPSA) is 751 Å². The fourth-order valence-corrected chi connectivity index (χ4v) is 11.8. The van der Waals surface area contributed by atoms with Crippen LogP contribution in [0.2, 0.25) is 0 Å². The summed E-state index contributed by atoms with van der Waals surface area (Å²) in [5.41, 5.74) is 37.6. The number of carboxylic acid groups (broad SMARTS) is 4. The maximum atomic E-state index is 14.2. The number of rotatable bonds is 50. The van der Waals surface area contributed by atoms with E-state index in [4.69, 9.17) is 57.9 Å². The molecule has 0 unspecified atom stereocenters. The summed E-state index contributed by atoms with van der Waals surface area (Å²) in [4.78, 5) is 257. The van der Waals surface area contributed by atoms with Crippen LogP contribution in [0.1, 0.15) is 149 Å². The van der Waals surface area contributed by atoms with E-state index in [0.717, 1.165) is 12.1 Å². The van der Waals surface area contributed by atoms with Crippen LogP contribution in [0.25, 0.3) is 0 Å². The Hall–Kier alpha value is -14.7. The number of hydrazine groups is 2. The standard InChI is InChI=1S/C79H112N20O22.2C2HF3O2/c1-43(2)36-56(72(112)89-52(65(84)105)23-13-15-33-80)94-78(118)76(116)86-47-25-29-61(121-6)50(40-47)67(107)97-99-75(115)59(39-46-20-11-8-12-21-46)93-71(111)55(28-32-64(103)104)90-68(108)51(83)22-17-35-85-69(109)53(24-14-16-34-81)91-73(113)57(37-44(3)4)95-79(119)77(117)87-48-26-30-60(120-5)49(41-48)66(106)96-98-74(114)58(38-45-18-9-7-10-19-45)92-70(110)54(27-31-63(101)102)88-62(100)42-82;2*3-2(4,5)1(6)7/h7-12,18-21,25-26,29-30,40-41,43-44,51-59H,13-17,22-24,27-28,31-39,42,80-83H2,1-6H3,(H2,84,105)(H,85,109)(H,86,116)(H,87,117)(H,88,100)(H,89,112)(H,90,108)(H,91,113)(H,92,110)(H,93,111)(H,94,118)(H,95,119)(H,96,106)(H,97,107)(H,98,114)(H,99,115)(H,101,102)(H,103,104);2*(H,6,7)/t51-,52-,53-,54-,55-,56-,57-,58-,59-;;/m0../s1. The van der Waals surface area contributed by atoms with Gasteiger partial charge in [0.1, 0.15) is 59.8 Å². The number of ether oxygens (including phenoxy) is 2. The first-order valence-corrected chi connectivity index (χ1v) is 41.6. The monoisotopic (exact) mass is 1920 g/mol. The molecule has 0 saturated heterocycles. The minimum absolute atomic E-state index is 0.0111. The first-order chi connectivity index (χ1) is 63.4. The molecule has 4 aromatic carbocycles. The second kappa shape index (κ2) is 59.7. The van der Waals surface area contributed by atoms with Crippen molar-refractivity contribution in [2.45, 2.75) is 197 Å². The third-order valence-electron chi connectivity index (χ3n) is 18.7. The van der Waals surface area contributed by atoms with Gasteiger partial charge in [-0.2, -0.15) is 26.3 Å². The van der Waals surface area contributed by atoms with Gasteiger partial charge in [-0.25, -0.2) is 9.59 Å². The fourth-order valence-electron chi connectivity index (χ4n) is 11.8. The van der Waals surface area contributed by atoms with Crippen LogP contribution >= 0.6 is 0 Å². The third-order valence-corrected chi connectivity index (χ3v) is 18.7. The van der Waals surface area contributed by atoms with Crippen molar-refractivity contribution in [3.8, 4) is 11.5 Å². The molecule has 0 aliphatic carbocycles. The van der Waals surface area contributed by atoms with E-state index < -0.39 is 211 Å². The van der Waals surface area contributed by atoms with Gasteiger partial charge in [-0.05, 0) is 150 Å². The number of amides is 16. The van der Waals surface area contributed by atoms with Crippen LogP contribution in [0.15, 0.2) is 97.1 Å². The number of hydrogen-bond acceptors (Lipinski definition) is 26. The lowest BCUT2D eigenvalue weighted by Gasteiger charge is -2.25. The number of methoxy groups -OCH3 is 2. The van der Waals surface area contributed by atoms with Crippen molar-refractivity contribution < 1.29 is 152 Å². The van der Waals surface area contributed by atoms with Crippen LogP contribution in [0, 0.1) is 11.8 Å². The summed E-state index contributed by atoms with van der Waals surface area (Å²) < 4.78 is 74.2. The van der Waals surface area contributed by atoms with E-state index in [1.54, 1.807) is 88.4 Å². The Bertz CT molecular complexity index is 4710. The maximum absolute atomic E-state index is 14.2. The Balaban J connectivity index is 0.00000406. The lowest BCUT2D eigenvalue weighted by atomic mass is 10.0. The number of anilines is 2. The van der Waals surface area contributed by atoms with Crippen LogP contribution in [0.5, 0.6) is 11.5 Å². The van der Waals surface area contributed by atoms with Gasteiger partial charge in [0.25, 0.3) is 23.6 Å². The van der Waals surface area contributed by atoms with Gasteiger partial charge in [-0.3, -0.25) is 108 Å². The summed E-state index contributed by atoms with van der Waals surface area (Å²) in [6.07, 6.45) is -10.7. The van der Waals surface area contributed by atoms with Crippen LogP contribution in [-0.4, -0.2) is 246 Å². The molecular weight excluding hydrogens is 1810 g/mol. The number of carboxylic acids is 4. The number of carbonyl (C=O) groups is 20. The second-order valence-electron chi connectivity index (χ2n) is 30.4. The van der Waals surface area contributed by atoms with Crippen molar-refractivity contribution in [1.82, 2.24) is 69.6 Å². The molecule has 0 fully saturated rings. The zero-order valence-corrected chi connectivity index (χ0v) is 74.2. The number of unbranched alkanes of at least 4 members (excludes halogenated alkanes) is 2. The van der Waals surface area contributed by atoms with E-state index in [2.05, 4.69) is 80.2 Å². The summed E-state index contributed by atoms with van der Waals surface area (Å²) in [7, 11) is 2.43. The van der Waals surface area contributed by atoms with Crippen molar-refractivity contribution in [1.29, 1.82) is 0 Å². The Morgan fingerprint density at radius 3 is 1.08 bits per heavy atom. The van der Waals surface area contributed by atoms with Crippen LogP contribution in [0.4, 0.5) is 37.7 Å². The molecule has 0 aliphatic heterocycles. The molecule has 0 radical (unpaired) electrons. The molecule has 0 saturated carbocycles. The zero-order valence-electron chi connectivity index (χ0n) is 74.2. The highest BCUT2D eigenvalue weighted by Gasteiger charge is 2.40. The van der Waals surface area contributed by atoms with Gasteiger partial charge in [-0.1, -0.05) is 88.4 Å². The molecule has 4 rings (SSSR count). The van der Waals surface area contributed by atoms with E-state index in [-0.39, 0.29) is 117 Å². The first kappa shape index (κ1) is 116. The van der Waals surface area contributed by atoms with E-state index >= 15 is 0 Å². The highest BCUT2D eigenvalue weighted by Crippen LogP contribution is 2.26. The Morgan fingerprint density at radius 2 is 0.733 bits per heavy atom. The Morgan fingerprint density at radius 1 is 0.385 bits per heavy atom. The summed E-state index contributed by atoms with van der Waals surface area (Å²) in [5.74, 6) is -24.8. The molecule has 16 amide bonds. The summed E-state index contributed by atoms with van der Waals surface area (Å²) in [6, 6.07) is 11.4. The average molecular weight is 1920 g/mol. The minimum Gasteiger partial charge on any atom is -0.496 e. The van der Waals surface area contributed by atoms with Crippen molar-refractivity contribution >= 4 is 130 Å². The van der Waals surface area contributed by atoms with Crippen molar-refractivity contribution in [3.63, 3.8) is 0 Å². The van der Waals surface area contributed by atoms with Crippen molar-refractivity contribution in [2.24, 2.45) is 40.5 Å². The number of alkyl halides is 6. The maximum Gasteiger partial charge on any atom is 0.490 e. The fraction of sp³-hybridized carbons (Fsp3) is 0.470. The lowest BCUT2D eigenvalue weighted by Crippen LogP contribution is -2.58. The first-order valence-electron chi connectivity index (χ1n) is 41.6. The number of carbonyl (C=O) groups excluding carboxylic acids is 16.